The number of aromatic nitrogens is 1. The Morgan fingerprint density at radius 1 is 1.09 bits per heavy atom. The number of ether oxygens (including phenoxy) is 1. The summed E-state index contributed by atoms with van der Waals surface area (Å²) in [5.74, 6) is 1.86. The lowest BCUT2D eigenvalue weighted by atomic mass is 10.1. The summed E-state index contributed by atoms with van der Waals surface area (Å²) in [4.78, 5) is 0. The van der Waals surface area contributed by atoms with Gasteiger partial charge in [0.2, 0.25) is 0 Å². The van der Waals surface area contributed by atoms with Crippen LogP contribution in [-0.4, -0.2) is 11.8 Å². The van der Waals surface area contributed by atoms with Gasteiger partial charge in [0.25, 0.3) is 0 Å². The van der Waals surface area contributed by atoms with Crippen LogP contribution < -0.4 is 4.74 Å². The fourth-order valence-corrected chi connectivity index (χ4v) is 2.53. The number of hydrogen-bond acceptors (Lipinski definition) is 4. The van der Waals surface area contributed by atoms with Crippen LogP contribution in [0.1, 0.15) is 47.4 Å². The van der Waals surface area contributed by atoms with Gasteiger partial charge in [-0.15, -0.1) is 0 Å². The molecule has 1 heterocycles. The standard InChI is InChI=1S/C18H22N2O2/c1-13-9-16(12-19)10-14(2)18(13)21-8-6-4-5-7-17-11-15(3)20-22-17/h9-11H,4-8H2,1-3H3. The lowest BCUT2D eigenvalue weighted by molar-refractivity contribution is 0.299. The second kappa shape index (κ2) is 7.65. The summed E-state index contributed by atoms with van der Waals surface area (Å²) in [5, 5.41) is 12.8. The van der Waals surface area contributed by atoms with Crippen LogP contribution in [0.5, 0.6) is 5.75 Å². The van der Waals surface area contributed by atoms with Crippen molar-refractivity contribution in [2.45, 2.75) is 46.5 Å². The molecule has 0 atom stereocenters. The quantitative estimate of drug-likeness (QED) is 0.716. The van der Waals surface area contributed by atoms with Crippen LogP contribution in [0.25, 0.3) is 0 Å². The fourth-order valence-electron chi connectivity index (χ4n) is 2.53. The lowest BCUT2D eigenvalue weighted by Crippen LogP contribution is -2.01. The Kier molecular flexibility index (Phi) is 5.60. The van der Waals surface area contributed by atoms with Crippen molar-refractivity contribution in [3.63, 3.8) is 0 Å². The maximum atomic E-state index is 8.94. The summed E-state index contributed by atoms with van der Waals surface area (Å²) >= 11 is 0. The molecule has 4 nitrogen and oxygen atoms in total. The third-order valence-electron chi connectivity index (χ3n) is 3.58. The van der Waals surface area contributed by atoms with E-state index in [1.54, 1.807) is 0 Å². The van der Waals surface area contributed by atoms with E-state index in [9.17, 15) is 0 Å². The molecule has 0 spiro atoms. The second-order valence-electron chi connectivity index (χ2n) is 5.64. The Balaban J connectivity index is 1.72. The van der Waals surface area contributed by atoms with Crippen LogP contribution in [0.15, 0.2) is 22.7 Å². The highest BCUT2D eigenvalue weighted by Crippen LogP contribution is 2.24. The number of rotatable bonds is 7. The predicted octanol–water partition coefficient (Wildman–Crippen LogP) is 4.26. The van der Waals surface area contributed by atoms with Crippen molar-refractivity contribution in [3.8, 4) is 11.8 Å². The molecule has 0 amide bonds. The van der Waals surface area contributed by atoms with Crippen LogP contribution >= 0.6 is 0 Å². The second-order valence-corrected chi connectivity index (χ2v) is 5.64. The number of aryl methyl sites for hydroxylation is 4. The Labute approximate surface area is 131 Å². The molecular formula is C18H22N2O2. The maximum Gasteiger partial charge on any atom is 0.136 e. The summed E-state index contributed by atoms with van der Waals surface area (Å²) in [5.41, 5.74) is 3.66. The Morgan fingerprint density at radius 3 is 2.41 bits per heavy atom. The van der Waals surface area contributed by atoms with E-state index >= 15 is 0 Å². The zero-order chi connectivity index (χ0) is 15.9. The van der Waals surface area contributed by atoms with Gasteiger partial charge in [-0.1, -0.05) is 5.16 Å². The first-order valence-electron chi connectivity index (χ1n) is 7.66. The highest BCUT2D eigenvalue weighted by molar-refractivity contribution is 5.47. The van der Waals surface area contributed by atoms with Crippen molar-refractivity contribution in [2.24, 2.45) is 0 Å². The molecule has 2 rings (SSSR count). The van der Waals surface area contributed by atoms with Crippen LogP contribution in [0.2, 0.25) is 0 Å². The van der Waals surface area contributed by atoms with Gasteiger partial charge in [0.15, 0.2) is 0 Å². The van der Waals surface area contributed by atoms with Crippen molar-refractivity contribution >= 4 is 0 Å². The van der Waals surface area contributed by atoms with Gasteiger partial charge >= 0.3 is 0 Å². The van der Waals surface area contributed by atoms with Gasteiger partial charge in [0.05, 0.1) is 23.9 Å². The third kappa shape index (κ3) is 4.36. The van der Waals surface area contributed by atoms with E-state index in [0.29, 0.717) is 12.2 Å². The normalized spacial score (nSPS) is 10.5. The summed E-state index contributed by atoms with van der Waals surface area (Å²) in [7, 11) is 0. The van der Waals surface area contributed by atoms with Crippen LogP contribution in [0.4, 0.5) is 0 Å². The van der Waals surface area contributed by atoms with E-state index in [0.717, 1.165) is 54.0 Å². The lowest BCUT2D eigenvalue weighted by Gasteiger charge is -2.12. The molecular weight excluding hydrogens is 276 g/mol. The monoisotopic (exact) mass is 298 g/mol. The summed E-state index contributed by atoms with van der Waals surface area (Å²) in [6, 6.07) is 7.89. The molecule has 0 aliphatic carbocycles. The fraction of sp³-hybridized carbons (Fsp3) is 0.444. The van der Waals surface area contributed by atoms with E-state index in [-0.39, 0.29) is 0 Å². The zero-order valence-corrected chi connectivity index (χ0v) is 13.5. The van der Waals surface area contributed by atoms with Crippen molar-refractivity contribution < 1.29 is 9.26 Å². The summed E-state index contributed by atoms with van der Waals surface area (Å²) < 4.78 is 11.1. The molecule has 4 heteroatoms. The average molecular weight is 298 g/mol. The number of nitriles is 1. The Morgan fingerprint density at radius 2 is 1.82 bits per heavy atom. The molecule has 0 saturated heterocycles. The van der Waals surface area contributed by atoms with Crippen molar-refractivity contribution in [3.05, 3.63) is 46.3 Å². The summed E-state index contributed by atoms with van der Waals surface area (Å²) in [6.07, 6.45) is 4.10. The minimum Gasteiger partial charge on any atom is -0.493 e. The first kappa shape index (κ1) is 16.1. The molecule has 22 heavy (non-hydrogen) atoms. The first-order chi connectivity index (χ1) is 10.6. The van der Waals surface area contributed by atoms with Gasteiger partial charge in [-0.05, 0) is 63.3 Å². The van der Waals surface area contributed by atoms with Crippen molar-refractivity contribution in [2.75, 3.05) is 6.61 Å². The molecule has 0 unspecified atom stereocenters. The molecule has 0 radical (unpaired) electrons. The Bertz CT molecular complexity index is 645. The van der Waals surface area contributed by atoms with E-state index < -0.39 is 0 Å². The van der Waals surface area contributed by atoms with E-state index in [1.165, 1.54) is 0 Å². The molecule has 0 aliphatic rings. The molecule has 0 saturated carbocycles. The van der Waals surface area contributed by atoms with Crippen LogP contribution in [0, 0.1) is 32.1 Å². The number of nitrogens with zero attached hydrogens (tertiary/aromatic N) is 2. The predicted molar refractivity (Wildman–Crippen MR) is 84.9 cm³/mol. The smallest absolute Gasteiger partial charge is 0.136 e. The first-order valence-corrected chi connectivity index (χ1v) is 7.66. The molecule has 0 N–H and O–H groups in total. The molecule has 116 valence electrons. The number of hydrogen-bond donors (Lipinski definition) is 0. The molecule has 0 bridgehead atoms. The minimum absolute atomic E-state index is 0.685. The molecule has 2 aromatic rings. The van der Waals surface area contributed by atoms with Crippen LogP contribution in [-0.2, 0) is 6.42 Å². The molecule has 0 fully saturated rings. The topological polar surface area (TPSA) is 59.0 Å². The highest BCUT2D eigenvalue weighted by Gasteiger charge is 2.06. The summed E-state index contributed by atoms with van der Waals surface area (Å²) in [6.45, 7) is 6.59. The van der Waals surface area contributed by atoms with Crippen molar-refractivity contribution in [1.82, 2.24) is 5.16 Å². The SMILES string of the molecule is Cc1cc(CCCCCOc2c(C)cc(C#N)cc2C)on1. The molecule has 1 aromatic carbocycles. The van der Waals surface area contributed by atoms with Gasteiger partial charge in [-0.3, -0.25) is 0 Å². The largest absolute Gasteiger partial charge is 0.493 e. The van der Waals surface area contributed by atoms with Crippen molar-refractivity contribution in [1.29, 1.82) is 5.26 Å². The molecule has 1 aromatic heterocycles. The van der Waals surface area contributed by atoms with E-state index in [4.69, 9.17) is 14.5 Å². The average Bonchev–Trinajstić information content (AvgIpc) is 2.90. The number of benzene rings is 1. The van der Waals surface area contributed by atoms with Gasteiger partial charge in [0.1, 0.15) is 11.5 Å². The van der Waals surface area contributed by atoms with E-state index in [2.05, 4.69) is 11.2 Å². The zero-order valence-electron chi connectivity index (χ0n) is 13.5. The highest BCUT2D eigenvalue weighted by atomic mass is 16.5. The third-order valence-corrected chi connectivity index (χ3v) is 3.58. The van der Waals surface area contributed by atoms with Gasteiger partial charge in [-0.25, -0.2) is 0 Å². The minimum atomic E-state index is 0.685. The number of unbranched alkanes of at least 4 members (excludes halogenated alkanes) is 2. The van der Waals surface area contributed by atoms with E-state index in [1.807, 2.05) is 39.0 Å². The van der Waals surface area contributed by atoms with Gasteiger partial charge < -0.3 is 9.26 Å². The molecule has 0 aliphatic heterocycles. The van der Waals surface area contributed by atoms with Crippen LogP contribution in [0.3, 0.4) is 0 Å². The Hall–Kier alpha value is -2.28. The van der Waals surface area contributed by atoms with Gasteiger partial charge in [0, 0.05) is 12.5 Å². The maximum absolute atomic E-state index is 8.94. The van der Waals surface area contributed by atoms with Gasteiger partial charge in [-0.2, -0.15) is 5.26 Å².